The summed E-state index contributed by atoms with van der Waals surface area (Å²) in [5.41, 5.74) is 3.07. The number of nitrogens with two attached hydrogens (primary N) is 1. The number of urea groups is 1. The van der Waals surface area contributed by atoms with Gasteiger partial charge in [0.25, 0.3) is 11.7 Å². The lowest BCUT2D eigenvalue weighted by Gasteiger charge is -2.38. The third-order valence-corrected chi connectivity index (χ3v) is 9.55. The molecule has 42 heavy (non-hydrogen) atoms. The fourth-order valence-electron chi connectivity index (χ4n) is 5.50. The molecule has 4 atom stereocenters. The second-order valence-corrected chi connectivity index (χ2v) is 13.9. The average Bonchev–Trinajstić information content (AvgIpc) is 3.30. The molecular formula is C29H49N5O7S. The third-order valence-electron chi connectivity index (χ3n) is 8.09. The standard InChI is InChI=1S/C27H43N5O7S.C2H6/c1-15-13-17(21(35)30-22(18(33)20(28)34)40-16-9-8-10-16)32(14-15)23(36)19(26(2,3)4)29-25(39)31-27(24(37)38)11-6-5-7-12-27;1-2/h15-17,19,22H,5-14H2,1-4H3,(H2,28,34)(H,30,35)(H,37,38)(H2,29,31,39);1-2H3/t15?,17-,19?,22?;/m0./s1. The molecule has 0 aromatic rings. The van der Waals surface area contributed by atoms with Crippen LogP contribution in [0, 0.1) is 11.3 Å². The van der Waals surface area contributed by atoms with Crippen molar-refractivity contribution >= 4 is 47.3 Å². The molecule has 0 aromatic carbocycles. The predicted octanol–water partition coefficient (Wildman–Crippen LogP) is 2.53. The smallest absolute Gasteiger partial charge is 0.329 e. The van der Waals surface area contributed by atoms with E-state index in [1.165, 1.54) is 16.7 Å². The zero-order chi connectivity index (χ0) is 31.8. The van der Waals surface area contributed by atoms with Crippen molar-refractivity contribution in [3.8, 4) is 0 Å². The molecule has 2 aliphatic carbocycles. The highest BCUT2D eigenvalue weighted by Gasteiger charge is 2.46. The van der Waals surface area contributed by atoms with Crippen molar-refractivity contribution in [2.24, 2.45) is 17.1 Å². The molecule has 3 rings (SSSR count). The number of carboxylic acids is 1. The Morgan fingerprint density at radius 2 is 1.57 bits per heavy atom. The minimum Gasteiger partial charge on any atom is -0.480 e. The van der Waals surface area contributed by atoms with Gasteiger partial charge >= 0.3 is 12.0 Å². The number of ketones is 1. The first kappa shape index (κ1) is 35.4. The van der Waals surface area contributed by atoms with Crippen molar-refractivity contribution in [2.45, 2.75) is 128 Å². The van der Waals surface area contributed by atoms with Crippen molar-refractivity contribution in [1.29, 1.82) is 0 Å². The van der Waals surface area contributed by atoms with Crippen molar-refractivity contribution in [3.05, 3.63) is 0 Å². The van der Waals surface area contributed by atoms with Gasteiger partial charge in [-0.15, -0.1) is 11.8 Å². The normalized spacial score (nSPS) is 23.2. The highest BCUT2D eigenvalue weighted by Crippen LogP contribution is 2.34. The molecule has 12 nitrogen and oxygen atoms in total. The summed E-state index contributed by atoms with van der Waals surface area (Å²) in [6.07, 6.45) is 5.95. The minimum atomic E-state index is -1.39. The number of hydrogen-bond donors (Lipinski definition) is 5. The highest BCUT2D eigenvalue weighted by atomic mass is 32.2. The lowest BCUT2D eigenvalue weighted by molar-refractivity contribution is -0.145. The molecule has 3 fully saturated rings. The summed E-state index contributed by atoms with van der Waals surface area (Å²) >= 11 is 1.20. The topological polar surface area (TPSA) is 188 Å². The van der Waals surface area contributed by atoms with Crippen LogP contribution in [0.15, 0.2) is 0 Å². The average molecular weight is 612 g/mol. The van der Waals surface area contributed by atoms with E-state index in [-0.39, 0.29) is 17.7 Å². The molecule has 0 aromatic heterocycles. The Morgan fingerprint density at radius 1 is 0.976 bits per heavy atom. The Balaban J connectivity index is 0.00000301. The number of thioether (sulfide) groups is 1. The van der Waals surface area contributed by atoms with Crippen LogP contribution in [0.4, 0.5) is 4.79 Å². The van der Waals surface area contributed by atoms with Crippen LogP contribution < -0.4 is 21.7 Å². The van der Waals surface area contributed by atoms with Gasteiger partial charge in [-0.1, -0.05) is 67.2 Å². The maximum absolute atomic E-state index is 13.9. The van der Waals surface area contributed by atoms with Crippen LogP contribution in [0.5, 0.6) is 0 Å². The fraction of sp³-hybridized carbons (Fsp3) is 0.793. The van der Waals surface area contributed by atoms with Crippen LogP contribution in [0.1, 0.15) is 99.3 Å². The van der Waals surface area contributed by atoms with Crippen LogP contribution in [-0.2, 0) is 24.0 Å². The van der Waals surface area contributed by atoms with Crippen LogP contribution >= 0.6 is 11.8 Å². The fourth-order valence-corrected chi connectivity index (χ4v) is 6.91. The summed E-state index contributed by atoms with van der Waals surface area (Å²) in [7, 11) is 0. The number of carboxylic acid groups (broad SMARTS) is 1. The quantitative estimate of drug-likeness (QED) is 0.184. The number of nitrogens with zero attached hydrogens (tertiary/aromatic N) is 1. The van der Waals surface area contributed by atoms with Gasteiger partial charge in [0.05, 0.1) is 0 Å². The van der Waals surface area contributed by atoms with Gasteiger partial charge in [-0.3, -0.25) is 19.2 Å². The van der Waals surface area contributed by atoms with Gasteiger partial charge in [0.1, 0.15) is 23.0 Å². The molecule has 5 amide bonds. The van der Waals surface area contributed by atoms with E-state index in [0.29, 0.717) is 32.1 Å². The number of likely N-dealkylation sites (tertiary alicyclic amines) is 1. The zero-order valence-electron chi connectivity index (χ0n) is 25.8. The molecule has 3 unspecified atom stereocenters. The number of carbonyl (C=O) groups is 6. The van der Waals surface area contributed by atoms with Gasteiger partial charge in [-0.25, -0.2) is 9.59 Å². The van der Waals surface area contributed by atoms with E-state index in [9.17, 15) is 33.9 Å². The Labute approximate surface area is 253 Å². The first-order valence-electron chi connectivity index (χ1n) is 15.1. The lowest BCUT2D eigenvalue weighted by atomic mass is 9.81. The Morgan fingerprint density at radius 3 is 2.05 bits per heavy atom. The van der Waals surface area contributed by atoms with E-state index >= 15 is 0 Å². The number of carbonyl (C=O) groups excluding carboxylic acids is 5. The molecule has 3 aliphatic rings. The van der Waals surface area contributed by atoms with Crippen molar-refractivity contribution in [1.82, 2.24) is 20.9 Å². The first-order valence-corrected chi connectivity index (χ1v) is 16.0. The first-order chi connectivity index (χ1) is 19.6. The molecule has 0 bridgehead atoms. The maximum Gasteiger partial charge on any atom is 0.329 e. The summed E-state index contributed by atoms with van der Waals surface area (Å²) in [5.74, 6) is -4.21. The monoisotopic (exact) mass is 611 g/mol. The zero-order valence-corrected chi connectivity index (χ0v) is 26.6. The number of primary amides is 1. The number of hydrogen-bond acceptors (Lipinski definition) is 7. The third kappa shape index (κ3) is 8.84. The Hall–Kier alpha value is -2.83. The number of nitrogens with one attached hydrogen (secondary N) is 3. The number of Topliss-reactive ketones (excluding diaryl/α,β-unsaturated/α-hetero) is 1. The van der Waals surface area contributed by atoms with Crippen LogP contribution in [0.2, 0.25) is 0 Å². The molecule has 6 N–H and O–H groups in total. The summed E-state index contributed by atoms with van der Waals surface area (Å²) in [6, 6.07) is -2.73. The summed E-state index contributed by atoms with van der Waals surface area (Å²) in [4.78, 5) is 77.9. The molecule has 1 aliphatic heterocycles. The van der Waals surface area contributed by atoms with E-state index in [0.717, 1.165) is 25.7 Å². The van der Waals surface area contributed by atoms with Crippen LogP contribution in [-0.4, -0.2) is 80.3 Å². The molecule has 0 spiro atoms. The Kier molecular flexibility index (Phi) is 12.7. The second kappa shape index (κ2) is 15.1. The van der Waals surface area contributed by atoms with Crippen LogP contribution in [0.3, 0.4) is 0 Å². The van der Waals surface area contributed by atoms with Crippen molar-refractivity contribution in [3.63, 3.8) is 0 Å². The SMILES string of the molecule is CC.CC1C[C@@H](C(=O)NC(SC2CCC2)C(=O)C(N)=O)N(C(=O)C(NC(=O)NC2(C(=O)O)CCCCC2)C(C)(C)C)C1. The van der Waals surface area contributed by atoms with Crippen molar-refractivity contribution < 1.29 is 33.9 Å². The van der Waals surface area contributed by atoms with Gasteiger partial charge in [0.15, 0.2) is 0 Å². The van der Waals surface area contributed by atoms with Gasteiger partial charge in [0, 0.05) is 11.8 Å². The number of rotatable bonds is 10. The maximum atomic E-state index is 13.9. The highest BCUT2D eigenvalue weighted by molar-refractivity contribution is 8.01. The summed E-state index contributed by atoms with van der Waals surface area (Å²) in [5, 5.41) is 16.8. The van der Waals surface area contributed by atoms with Crippen LogP contribution in [0.25, 0.3) is 0 Å². The largest absolute Gasteiger partial charge is 0.480 e. The molecule has 2 saturated carbocycles. The van der Waals surface area contributed by atoms with Gasteiger partial charge in [0.2, 0.25) is 11.8 Å². The molecule has 1 heterocycles. The van der Waals surface area contributed by atoms with E-state index in [2.05, 4.69) is 16.0 Å². The van der Waals surface area contributed by atoms with E-state index in [4.69, 9.17) is 5.73 Å². The molecule has 238 valence electrons. The van der Waals surface area contributed by atoms with E-state index < -0.39 is 63.9 Å². The molecule has 13 heteroatoms. The minimum absolute atomic E-state index is 0.0313. The van der Waals surface area contributed by atoms with Gasteiger partial charge in [-0.05, 0) is 43.4 Å². The molecular weight excluding hydrogens is 562 g/mol. The Bertz CT molecular complexity index is 1020. The number of aliphatic carboxylic acids is 1. The predicted molar refractivity (Wildman–Crippen MR) is 160 cm³/mol. The summed E-state index contributed by atoms with van der Waals surface area (Å²) < 4.78 is 0. The second-order valence-electron chi connectivity index (χ2n) is 12.5. The lowest BCUT2D eigenvalue weighted by Crippen LogP contribution is -2.63. The molecule has 1 saturated heterocycles. The van der Waals surface area contributed by atoms with Gasteiger partial charge < -0.3 is 31.7 Å². The van der Waals surface area contributed by atoms with E-state index in [1.807, 2.05) is 20.8 Å². The van der Waals surface area contributed by atoms with Gasteiger partial charge in [-0.2, -0.15) is 0 Å². The number of amides is 5. The van der Waals surface area contributed by atoms with Crippen molar-refractivity contribution in [2.75, 3.05) is 6.54 Å². The summed E-state index contributed by atoms with van der Waals surface area (Å²) in [6.45, 7) is 11.5. The van der Waals surface area contributed by atoms with E-state index in [1.54, 1.807) is 20.8 Å². The molecule has 0 radical (unpaired) electrons.